The van der Waals surface area contributed by atoms with Gasteiger partial charge in [-0.1, -0.05) is 67.0 Å². The lowest BCUT2D eigenvalue weighted by Crippen LogP contribution is -2.01. The molecule has 0 spiro atoms. The Morgan fingerprint density at radius 1 is 1.39 bits per heavy atom. The number of hydrazone groups is 1. The second-order valence-electron chi connectivity index (χ2n) is 5.09. The SMILES string of the molecule is C=C(Cl)/C(=C\C(=N/N)Sc1c(Cl)cc(CCO)cc1Cl)C(C)C. The van der Waals surface area contributed by atoms with Gasteiger partial charge in [-0.2, -0.15) is 5.10 Å². The molecule has 1 aromatic rings. The van der Waals surface area contributed by atoms with Crippen molar-refractivity contribution in [1.82, 2.24) is 0 Å². The minimum absolute atomic E-state index is 0.0347. The van der Waals surface area contributed by atoms with Crippen LogP contribution in [0.5, 0.6) is 0 Å². The van der Waals surface area contributed by atoms with Gasteiger partial charge < -0.3 is 10.9 Å². The van der Waals surface area contributed by atoms with Crippen LogP contribution in [0.2, 0.25) is 10.0 Å². The van der Waals surface area contributed by atoms with Gasteiger partial charge >= 0.3 is 0 Å². The highest BCUT2D eigenvalue weighted by Gasteiger charge is 2.14. The number of allylic oxidation sites excluding steroid dienone is 2. The maximum Gasteiger partial charge on any atom is 0.121 e. The molecule has 7 heteroatoms. The number of hydrogen-bond donors (Lipinski definition) is 2. The molecular weight excluding hydrogens is 375 g/mol. The minimum atomic E-state index is 0.0347. The van der Waals surface area contributed by atoms with Crippen LogP contribution in [0.15, 0.2) is 45.4 Å². The van der Waals surface area contributed by atoms with Crippen molar-refractivity contribution in [2.24, 2.45) is 16.9 Å². The van der Waals surface area contributed by atoms with Crippen LogP contribution in [0.25, 0.3) is 0 Å². The monoisotopic (exact) mass is 392 g/mol. The maximum atomic E-state index is 9.00. The van der Waals surface area contributed by atoms with E-state index in [0.29, 0.717) is 31.4 Å². The Hall–Kier alpha value is -0.650. The van der Waals surface area contributed by atoms with E-state index in [9.17, 15) is 0 Å². The number of nitrogens with two attached hydrogens (primary N) is 1. The quantitative estimate of drug-likeness (QED) is 0.174. The molecule has 0 saturated carbocycles. The summed E-state index contributed by atoms with van der Waals surface area (Å²) in [6.45, 7) is 7.79. The fourth-order valence-corrected chi connectivity index (χ4v) is 3.67. The lowest BCUT2D eigenvalue weighted by Gasteiger charge is -2.12. The van der Waals surface area contributed by atoms with Crippen LogP contribution >= 0.6 is 46.6 Å². The van der Waals surface area contributed by atoms with Gasteiger partial charge in [0, 0.05) is 11.6 Å². The zero-order valence-corrected chi connectivity index (χ0v) is 16.0. The van der Waals surface area contributed by atoms with Crippen molar-refractivity contribution < 1.29 is 5.11 Å². The molecule has 0 amide bonds. The number of hydrogen-bond acceptors (Lipinski definition) is 4. The lowest BCUT2D eigenvalue weighted by molar-refractivity contribution is 0.299. The van der Waals surface area contributed by atoms with Crippen molar-refractivity contribution >= 4 is 51.6 Å². The summed E-state index contributed by atoms with van der Waals surface area (Å²) in [6.07, 6.45) is 2.27. The predicted molar refractivity (Wildman–Crippen MR) is 103 cm³/mol. The van der Waals surface area contributed by atoms with Crippen molar-refractivity contribution in [3.05, 3.63) is 51.0 Å². The Labute approximate surface area is 156 Å². The summed E-state index contributed by atoms with van der Waals surface area (Å²) in [5.74, 6) is 5.65. The summed E-state index contributed by atoms with van der Waals surface area (Å²) in [6, 6.07) is 3.54. The van der Waals surface area contributed by atoms with E-state index >= 15 is 0 Å². The summed E-state index contributed by atoms with van der Waals surface area (Å²) in [4.78, 5) is 0.652. The first-order valence-electron chi connectivity index (χ1n) is 6.91. The van der Waals surface area contributed by atoms with E-state index < -0.39 is 0 Å². The first kappa shape index (κ1) is 20.4. The standard InChI is InChI=1S/C16H19Cl3N2OS/c1-9(2)12(10(3)17)8-15(21-20)23-16-13(18)6-11(4-5-22)7-14(16)19/h6-9,22H,3-5,20H2,1-2H3/b12-8-,21-15+. The van der Waals surface area contributed by atoms with Crippen molar-refractivity contribution in [3.8, 4) is 0 Å². The maximum absolute atomic E-state index is 9.00. The zero-order chi connectivity index (χ0) is 17.6. The number of rotatable bonds is 6. The van der Waals surface area contributed by atoms with Gasteiger partial charge in [-0.3, -0.25) is 0 Å². The van der Waals surface area contributed by atoms with E-state index in [1.165, 1.54) is 11.8 Å². The summed E-state index contributed by atoms with van der Waals surface area (Å²) in [5, 5.41) is 14.7. The molecule has 0 atom stereocenters. The van der Waals surface area contributed by atoms with Gasteiger partial charge in [-0.15, -0.1) is 0 Å². The third-order valence-electron chi connectivity index (χ3n) is 3.01. The molecule has 1 rings (SSSR count). The molecule has 23 heavy (non-hydrogen) atoms. The topological polar surface area (TPSA) is 58.6 Å². The Balaban J connectivity index is 3.14. The van der Waals surface area contributed by atoms with E-state index in [1.807, 2.05) is 13.8 Å². The number of halogens is 3. The first-order chi connectivity index (χ1) is 10.8. The van der Waals surface area contributed by atoms with Gasteiger partial charge in [-0.25, -0.2) is 0 Å². The van der Waals surface area contributed by atoms with Gasteiger partial charge in [0.25, 0.3) is 0 Å². The molecule has 0 aromatic heterocycles. The summed E-state index contributed by atoms with van der Waals surface area (Å²) in [7, 11) is 0. The van der Waals surface area contributed by atoms with E-state index in [2.05, 4.69) is 11.7 Å². The van der Waals surface area contributed by atoms with Crippen LogP contribution < -0.4 is 5.84 Å². The molecule has 0 aliphatic carbocycles. The van der Waals surface area contributed by atoms with Gasteiger partial charge in [0.15, 0.2) is 0 Å². The molecule has 0 heterocycles. The number of thioether (sulfide) groups is 1. The van der Waals surface area contributed by atoms with Crippen LogP contribution in [0.4, 0.5) is 0 Å². The fourth-order valence-electron chi connectivity index (χ4n) is 1.87. The van der Waals surface area contributed by atoms with Gasteiger partial charge in [0.1, 0.15) is 5.04 Å². The molecular formula is C16H19Cl3N2OS. The molecule has 1 aromatic carbocycles. The number of benzene rings is 1. The highest BCUT2D eigenvalue weighted by molar-refractivity contribution is 8.14. The van der Waals surface area contributed by atoms with E-state index in [1.54, 1.807) is 18.2 Å². The largest absolute Gasteiger partial charge is 0.396 e. The molecule has 0 fully saturated rings. The summed E-state index contributed by atoms with van der Waals surface area (Å²) in [5.41, 5.74) is 1.71. The molecule has 3 nitrogen and oxygen atoms in total. The van der Waals surface area contributed by atoms with Crippen molar-refractivity contribution in [2.45, 2.75) is 25.2 Å². The Bertz CT molecular complexity index is 619. The van der Waals surface area contributed by atoms with E-state index in [-0.39, 0.29) is 12.5 Å². The van der Waals surface area contributed by atoms with Crippen molar-refractivity contribution in [2.75, 3.05) is 6.61 Å². The van der Waals surface area contributed by atoms with E-state index in [0.717, 1.165) is 11.1 Å². The molecule has 0 unspecified atom stereocenters. The number of nitrogens with zero attached hydrogens (tertiary/aromatic N) is 1. The molecule has 0 aliphatic heterocycles. The Morgan fingerprint density at radius 2 is 1.96 bits per heavy atom. The fraction of sp³-hybridized carbons (Fsp3) is 0.312. The normalized spacial score (nSPS) is 12.8. The highest BCUT2D eigenvalue weighted by atomic mass is 35.5. The van der Waals surface area contributed by atoms with Gasteiger partial charge in [0.05, 0.1) is 14.9 Å². The Kier molecular flexibility index (Phi) is 8.51. The third-order valence-corrected chi connectivity index (χ3v) is 5.12. The molecule has 3 N–H and O–H groups in total. The van der Waals surface area contributed by atoms with Gasteiger partial charge in [0.2, 0.25) is 0 Å². The van der Waals surface area contributed by atoms with Crippen LogP contribution in [0.3, 0.4) is 0 Å². The van der Waals surface area contributed by atoms with Crippen LogP contribution in [-0.2, 0) is 6.42 Å². The third kappa shape index (κ3) is 6.05. The molecule has 0 saturated heterocycles. The highest BCUT2D eigenvalue weighted by Crippen LogP contribution is 2.37. The summed E-state index contributed by atoms with van der Waals surface area (Å²) < 4.78 is 0. The number of aliphatic hydroxyl groups is 1. The van der Waals surface area contributed by atoms with Crippen molar-refractivity contribution in [3.63, 3.8) is 0 Å². The average Bonchev–Trinajstić information content (AvgIpc) is 2.45. The van der Waals surface area contributed by atoms with Crippen LogP contribution in [0, 0.1) is 5.92 Å². The predicted octanol–water partition coefficient (Wildman–Crippen LogP) is 5.23. The Morgan fingerprint density at radius 3 is 2.35 bits per heavy atom. The molecule has 0 aliphatic rings. The first-order valence-corrected chi connectivity index (χ1v) is 8.86. The second kappa shape index (κ2) is 9.60. The van der Waals surface area contributed by atoms with Crippen molar-refractivity contribution in [1.29, 1.82) is 0 Å². The summed E-state index contributed by atoms with van der Waals surface area (Å²) >= 11 is 19.8. The number of aliphatic hydroxyl groups excluding tert-OH is 1. The van der Waals surface area contributed by atoms with Crippen LogP contribution in [0.1, 0.15) is 19.4 Å². The minimum Gasteiger partial charge on any atom is -0.396 e. The van der Waals surface area contributed by atoms with E-state index in [4.69, 9.17) is 45.8 Å². The zero-order valence-electron chi connectivity index (χ0n) is 12.9. The van der Waals surface area contributed by atoms with Gasteiger partial charge in [-0.05, 0) is 41.7 Å². The smallest absolute Gasteiger partial charge is 0.121 e. The second-order valence-corrected chi connectivity index (χ2v) is 7.39. The lowest BCUT2D eigenvalue weighted by atomic mass is 10.0. The molecule has 0 radical (unpaired) electrons. The average molecular weight is 394 g/mol. The molecule has 0 bridgehead atoms. The van der Waals surface area contributed by atoms with Crippen LogP contribution in [-0.4, -0.2) is 16.8 Å². The molecule has 126 valence electrons.